The van der Waals surface area contributed by atoms with Crippen molar-refractivity contribution in [1.29, 1.82) is 0 Å². The lowest BCUT2D eigenvalue weighted by Gasteiger charge is -2.11. The van der Waals surface area contributed by atoms with Gasteiger partial charge in [0.15, 0.2) is 17.1 Å². The van der Waals surface area contributed by atoms with E-state index < -0.39 is 0 Å². The average molecular weight is 399 g/mol. The second kappa shape index (κ2) is 7.22. The summed E-state index contributed by atoms with van der Waals surface area (Å²) in [5.74, 6) is 0.671. The molecule has 0 saturated carbocycles. The maximum absolute atomic E-state index is 12.5. The third kappa shape index (κ3) is 3.06. The molecule has 4 heterocycles. The van der Waals surface area contributed by atoms with Gasteiger partial charge in [0.05, 0.1) is 12.1 Å². The first-order valence-electron chi connectivity index (χ1n) is 9.91. The highest BCUT2D eigenvalue weighted by atomic mass is 16.1. The van der Waals surface area contributed by atoms with E-state index in [4.69, 9.17) is 4.98 Å². The van der Waals surface area contributed by atoms with Crippen molar-refractivity contribution in [3.8, 4) is 0 Å². The second-order valence-electron chi connectivity index (χ2n) is 7.34. The molecule has 30 heavy (non-hydrogen) atoms. The number of carbonyl (C=O) groups excluding carboxylic acids is 1. The Morgan fingerprint density at radius 3 is 2.80 bits per heavy atom. The number of pyridine rings is 1. The van der Waals surface area contributed by atoms with E-state index in [-0.39, 0.29) is 5.91 Å². The molecule has 8 heteroatoms. The van der Waals surface area contributed by atoms with Crippen LogP contribution in [0.15, 0.2) is 48.7 Å². The molecule has 0 saturated heterocycles. The van der Waals surface area contributed by atoms with Gasteiger partial charge in [-0.2, -0.15) is 5.10 Å². The van der Waals surface area contributed by atoms with Crippen LogP contribution in [0.4, 0.5) is 0 Å². The van der Waals surface area contributed by atoms with E-state index in [0.29, 0.717) is 25.2 Å². The number of rotatable bonds is 5. The molecule has 1 aromatic carbocycles. The summed E-state index contributed by atoms with van der Waals surface area (Å²) in [6, 6.07) is 13.7. The van der Waals surface area contributed by atoms with Crippen molar-refractivity contribution >= 4 is 28.1 Å². The first-order chi connectivity index (χ1) is 14.6. The lowest BCUT2D eigenvalue weighted by atomic mass is 10.1. The molecule has 5 aromatic rings. The van der Waals surface area contributed by atoms with Crippen LogP contribution in [0.5, 0.6) is 0 Å². The molecule has 0 aliphatic carbocycles. The number of benzene rings is 1. The molecular weight excluding hydrogens is 378 g/mol. The minimum atomic E-state index is -0.0350. The number of fused-ring (bicyclic) bond motifs is 4. The van der Waals surface area contributed by atoms with Gasteiger partial charge in [0.25, 0.3) is 0 Å². The summed E-state index contributed by atoms with van der Waals surface area (Å²) in [5, 5.41) is 16.9. The standard InChI is InChI=1S/C22H21N7O/c1-14-16(15(2)29-22(24-14)17-7-3-4-8-18(17)27-29)10-11-21(30)23-13-20-26-25-19-9-5-6-12-28(19)20/h3-9,12H,10-11,13H2,1-2H3,(H,23,30). The van der Waals surface area contributed by atoms with Crippen LogP contribution in [0.3, 0.4) is 0 Å². The predicted molar refractivity (Wildman–Crippen MR) is 113 cm³/mol. The van der Waals surface area contributed by atoms with Gasteiger partial charge in [-0.15, -0.1) is 10.2 Å². The fourth-order valence-corrected chi connectivity index (χ4v) is 3.85. The first kappa shape index (κ1) is 18.2. The molecule has 0 aliphatic rings. The van der Waals surface area contributed by atoms with Gasteiger partial charge in [-0.1, -0.05) is 18.2 Å². The molecule has 8 nitrogen and oxygen atoms in total. The molecule has 4 aromatic heterocycles. The van der Waals surface area contributed by atoms with E-state index in [9.17, 15) is 4.79 Å². The van der Waals surface area contributed by atoms with Crippen molar-refractivity contribution < 1.29 is 4.79 Å². The molecule has 150 valence electrons. The van der Waals surface area contributed by atoms with Crippen LogP contribution in [-0.2, 0) is 17.8 Å². The van der Waals surface area contributed by atoms with Crippen LogP contribution in [-0.4, -0.2) is 35.1 Å². The van der Waals surface area contributed by atoms with Crippen LogP contribution in [0.25, 0.3) is 22.2 Å². The number of hydrogen-bond donors (Lipinski definition) is 1. The number of carbonyl (C=O) groups is 1. The zero-order valence-electron chi connectivity index (χ0n) is 16.8. The van der Waals surface area contributed by atoms with E-state index in [1.807, 2.05) is 71.4 Å². The van der Waals surface area contributed by atoms with Crippen molar-refractivity contribution in [2.45, 2.75) is 33.2 Å². The van der Waals surface area contributed by atoms with Crippen LogP contribution in [0.2, 0.25) is 0 Å². The molecule has 1 amide bonds. The maximum Gasteiger partial charge on any atom is 0.220 e. The van der Waals surface area contributed by atoms with Crippen molar-refractivity contribution in [3.05, 3.63) is 71.4 Å². The SMILES string of the molecule is Cc1nc2c3ccccc3nn2c(C)c1CCC(=O)NCc1nnc2ccccn12. The number of nitrogens with one attached hydrogen (secondary N) is 1. The van der Waals surface area contributed by atoms with E-state index in [2.05, 4.69) is 20.6 Å². The van der Waals surface area contributed by atoms with Gasteiger partial charge in [-0.05, 0) is 50.1 Å². The molecule has 0 radical (unpaired) electrons. The van der Waals surface area contributed by atoms with Crippen LogP contribution >= 0.6 is 0 Å². The number of nitrogens with zero attached hydrogens (tertiary/aromatic N) is 6. The van der Waals surface area contributed by atoms with Crippen LogP contribution in [0.1, 0.15) is 29.2 Å². The summed E-state index contributed by atoms with van der Waals surface area (Å²) < 4.78 is 3.75. The first-order valence-corrected chi connectivity index (χ1v) is 9.91. The molecule has 0 unspecified atom stereocenters. The normalized spacial score (nSPS) is 11.5. The third-order valence-corrected chi connectivity index (χ3v) is 5.45. The fourth-order valence-electron chi connectivity index (χ4n) is 3.85. The second-order valence-corrected chi connectivity index (χ2v) is 7.34. The largest absolute Gasteiger partial charge is 0.349 e. The van der Waals surface area contributed by atoms with E-state index in [0.717, 1.165) is 39.1 Å². The summed E-state index contributed by atoms with van der Waals surface area (Å²) in [6.45, 7) is 4.36. The van der Waals surface area contributed by atoms with Crippen molar-refractivity contribution in [2.75, 3.05) is 0 Å². The van der Waals surface area contributed by atoms with E-state index in [1.165, 1.54) is 0 Å². The molecule has 5 rings (SSSR count). The number of aryl methyl sites for hydroxylation is 2. The zero-order valence-corrected chi connectivity index (χ0v) is 16.8. The Balaban J connectivity index is 1.32. The Labute approximate surface area is 172 Å². The zero-order chi connectivity index (χ0) is 20.7. The molecule has 0 atom stereocenters. The predicted octanol–water partition coefficient (Wildman–Crippen LogP) is 2.79. The average Bonchev–Trinajstić information content (AvgIpc) is 3.34. The lowest BCUT2D eigenvalue weighted by Crippen LogP contribution is -2.24. The summed E-state index contributed by atoms with van der Waals surface area (Å²) in [4.78, 5) is 17.2. The van der Waals surface area contributed by atoms with Crippen molar-refractivity contribution in [1.82, 2.24) is 34.5 Å². The van der Waals surface area contributed by atoms with Gasteiger partial charge in [-0.3, -0.25) is 9.20 Å². The summed E-state index contributed by atoms with van der Waals surface area (Å²) in [5.41, 5.74) is 5.54. The van der Waals surface area contributed by atoms with E-state index >= 15 is 0 Å². The summed E-state index contributed by atoms with van der Waals surface area (Å²) in [7, 11) is 0. The number of amides is 1. The third-order valence-electron chi connectivity index (χ3n) is 5.45. The van der Waals surface area contributed by atoms with Gasteiger partial charge in [0, 0.05) is 29.4 Å². The van der Waals surface area contributed by atoms with Crippen molar-refractivity contribution in [3.63, 3.8) is 0 Å². The van der Waals surface area contributed by atoms with Gasteiger partial charge >= 0.3 is 0 Å². The van der Waals surface area contributed by atoms with E-state index in [1.54, 1.807) is 0 Å². The van der Waals surface area contributed by atoms with Crippen molar-refractivity contribution in [2.24, 2.45) is 0 Å². The maximum atomic E-state index is 12.5. The fraction of sp³-hybridized carbons (Fsp3) is 0.227. The molecule has 0 spiro atoms. The number of aromatic nitrogens is 6. The van der Waals surface area contributed by atoms with Gasteiger partial charge in [0.2, 0.25) is 5.91 Å². The van der Waals surface area contributed by atoms with Gasteiger partial charge in [-0.25, -0.2) is 9.50 Å². The molecular formula is C22H21N7O. The Kier molecular flexibility index (Phi) is 4.39. The minimum absolute atomic E-state index is 0.0350. The lowest BCUT2D eigenvalue weighted by molar-refractivity contribution is -0.121. The Morgan fingerprint density at radius 1 is 1.07 bits per heavy atom. The minimum Gasteiger partial charge on any atom is -0.349 e. The van der Waals surface area contributed by atoms with Crippen LogP contribution < -0.4 is 5.32 Å². The summed E-state index contributed by atoms with van der Waals surface area (Å²) >= 11 is 0. The molecule has 0 fully saturated rings. The van der Waals surface area contributed by atoms with Gasteiger partial charge in [0.1, 0.15) is 0 Å². The Bertz CT molecular complexity index is 1400. The highest BCUT2D eigenvalue weighted by Crippen LogP contribution is 2.22. The molecule has 0 aliphatic heterocycles. The highest BCUT2D eigenvalue weighted by Gasteiger charge is 2.15. The number of hydrogen-bond acceptors (Lipinski definition) is 5. The van der Waals surface area contributed by atoms with Crippen LogP contribution in [0, 0.1) is 13.8 Å². The Hall–Kier alpha value is -3.81. The molecule has 1 N–H and O–H groups in total. The Morgan fingerprint density at radius 2 is 1.90 bits per heavy atom. The monoisotopic (exact) mass is 399 g/mol. The highest BCUT2D eigenvalue weighted by molar-refractivity contribution is 5.92. The molecule has 0 bridgehead atoms. The van der Waals surface area contributed by atoms with Gasteiger partial charge < -0.3 is 5.32 Å². The quantitative estimate of drug-likeness (QED) is 0.491. The smallest absolute Gasteiger partial charge is 0.220 e. The summed E-state index contributed by atoms with van der Waals surface area (Å²) in [6.07, 6.45) is 2.86. The topological polar surface area (TPSA) is 89.5 Å².